The van der Waals surface area contributed by atoms with Crippen molar-refractivity contribution in [2.24, 2.45) is 5.92 Å². The van der Waals surface area contributed by atoms with Gasteiger partial charge in [-0.1, -0.05) is 12.1 Å². The highest BCUT2D eigenvalue weighted by molar-refractivity contribution is 5.83. The standard InChI is InChI=1S/C23H28F3N7O2/c1-30-9-7-15(8-10-30)14-32(3)22-19-18(31(2)11-12-34-19)21-28-27-20(33(21)29-22)16-5-4-6-17(13-16)35-23(24,25)26/h4-6,13,15H,7-12,14H2,1-3H3. The van der Waals surface area contributed by atoms with Crippen LogP contribution in [-0.2, 0) is 0 Å². The maximum absolute atomic E-state index is 12.8. The van der Waals surface area contributed by atoms with E-state index in [1.807, 2.05) is 19.0 Å². The number of piperidine rings is 1. The minimum atomic E-state index is -4.79. The van der Waals surface area contributed by atoms with Crippen LogP contribution < -0.4 is 19.3 Å². The molecule has 2 aliphatic heterocycles. The van der Waals surface area contributed by atoms with Crippen LogP contribution in [0.25, 0.3) is 17.0 Å². The van der Waals surface area contributed by atoms with E-state index in [9.17, 15) is 13.2 Å². The molecule has 0 bridgehead atoms. The summed E-state index contributed by atoms with van der Waals surface area (Å²) in [6.45, 7) is 4.14. The number of alkyl halides is 3. The van der Waals surface area contributed by atoms with Crippen molar-refractivity contribution in [3.8, 4) is 22.9 Å². The Morgan fingerprint density at radius 3 is 2.66 bits per heavy atom. The highest BCUT2D eigenvalue weighted by Gasteiger charge is 2.32. The first kappa shape index (κ1) is 23.5. The Labute approximate surface area is 201 Å². The molecule has 188 valence electrons. The summed E-state index contributed by atoms with van der Waals surface area (Å²) < 4.78 is 50.0. The van der Waals surface area contributed by atoms with Crippen LogP contribution >= 0.6 is 0 Å². The average Bonchev–Trinajstić information content (AvgIpc) is 3.23. The van der Waals surface area contributed by atoms with Crippen molar-refractivity contribution in [1.82, 2.24) is 24.7 Å². The summed E-state index contributed by atoms with van der Waals surface area (Å²) >= 11 is 0. The summed E-state index contributed by atoms with van der Waals surface area (Å²) in [5.74, 6) is 1.83. The molecule has 2 aliphatic rings. The Balaban J connectivity index is 1.56. The number of hydrogen-bond donors (Lipinski definition) is 0. The molecule has 1 fully saturated rings. The van der Waals surface area contributed by atoms with Gasteiger partial charge >= 0.3 is 6.36 Å². The Bertz CT molecular complexity index is 1210. The zero-order valence-electron chi connectivity index (χ0n) is 19.9. The van der Waals surface area contributed by atoms with E-state index in [1.54, 1.807) is 10.6 Å². The minimum absolute atomic E-state index is 0.323. The maximum atomic E-state index is 12.8. The molecule has 2 aromatic heterocycles. The third kappa shape index (κ3) is 4.79. The van der Waals surface area contributed by atoms with Gasteiger partial charge in [0.1, 0.15) is 18.0 Å². The fourth-order valence-corrected chi connectivity index (χ4v) is 4.72. The SMILES string of the molecule is CN1CCC(CN(C)c2nn3c(-c4cccc(OC(F)(F)F)c4)nnc3c3c2OCCN3C)CC1. The van der Waals surface area contributed by atoms with E-state index in [-0.39, 0.29) is 5.75 Å². The molecule has 35 heavy (non-hydrogen) atoms. The lowest BCUT2D eigenvalue weighted by atomic mass is 9.97. The molecule has 0 N–H and O–H groups in total. The number of likely N-dealkylation sites (N-methyl/N-ethyl adjacent to an activating group) is 1. The maximum Gasteiger partial charge on any atom is 0.573 e. The van der Waals surface area contributed by atoms with Gasteiger partial charge in [0.15, 0.2) is 17.4 Å². The number of hydrogen-bond acceptors (Lipinski definition) is 8. The van der Waals surface area contributed by atoms with Crippen molar-refractivity contribution in [2.75, 3.05) is 63.7 Å². The Morgan fingerprint density at radius 1 is 1.14 bits per heavy atom. The lowest BCUT2D eigenvalue weighted by Gasteiger charge is -2.34. The molecule has 0 amide bonds. The van der Waals surface area contributed by atoms with Crippen LogP contribution in [0.3, 0.4) is 0 Å². The zero-order chi connectivity index (χ0) is 24.7. The summed E-state index contributed by atoms with van der Waals surface area (Å²) in [6, 6.07) is 5.67. The number of anilines is 2. The smallest absolute Gasteiger partial charge is 0.486 e. The number of likely N-dealkylation sites (tertiary alicyclic amines) is 1. The molecule has 3 aromatic rings. The van der Waals surface area contributed by atoms with Crippen LogP contribution in [0.15, 0.2) is 24.3 Å². The van der Waals surface area contributed by atoms with Crippen LogP contribution in [0.1, 0.15) is 12.8 Å². The van der Waals surface area contributed by atoms with E-state index in [0.29, 0.717) is 47.7 Å². The zero-order valence-corrected chi connectivity index (χ0v) is 19.9. The van der Waals surface area contributed by atoms with Crippen molar-refractivity contribution in [2.45, 2.75) is 19.2 Å². The molecule has 0 aliphatic carbocycles. The summed E-state index contributed by atoms with van der Waals surface area (Å²) in [5, 5.41) is 13.4. The molecular weight excluding hydrogens is 463 g/mol. The van der Waals surface area contributed by atoms with Crippen molar-refractivity contribution in [3.63, 3.8) is 0 Å². The molecule has 0 spiro atoms. The van der Waals surface area contributed by atoms with Crippen molar-refractivity contribution in [3.05, 3.63) is 24.3 Å². The number of ether oxygens (including phenoxy) is 2. The average molecular weight is 492 g/mol. The molecule has 5 rings (SSSR count). The van der Waals surface area contributed by atoms with Crippen LogP contribution in [0.2, 0.25) is 0 Å². The lowest BCUT2D eigenvalue weighted by molar-refractivity contribution is -0.274. The number of halogens is 3. The van der Waals surface area contributed by atoms with Gasteiger partial charge in [-0.3, -0.25) is 0 Å². The van der Waals surface area contributed by atoms with Crippen molar-refractivity contribution in [1.29, 1.82) is 0 Å². The van der Waals surface area contributed by atoms with E-state index in [0.717, 1.165) is 38.2 Å². The number of nitrogens with zero attached hydrogens (tertiary/aromatic N) is 7. The molecule has 0 atom stereocenters. The Hall–Kier alpha value is -3.28. The molecule has 1 aromatic carbocycles. The quantitative estimate of drug-likeness (QED) is 0.539. The largest absolute Gasteiger partial charge is 0.573 e. The van der Waals surface area contributed by atoms with Crippen molar-refractivity contribution >= 4 is 17.2 Å². The number of fused-ring (bicyclic) bond motifs is 3. The second kappa shape index (κ2) is 9.06. The van der Waals surface area contributed by atoms with Gasteiger partial charge in [-0.2, -0.15) is 4.52 Å². The van der Waals surface area contributed by atoms with Gasteiger partial charge in [0.2, 0.25) is 5.65 Å². The third-order valence-electron chi connectivity index (χ3n) is 6.58. The molecule has 9 nitrogen and oxygen atoms in total. The number of rotatable bonds is 5. The summed E-state index contributed by atoms with van der Waals surface area (Å²) in [6.07, 6.45) is -2.57. The molecular formula is C23H28F3N7O2. The molecule has 0 radical (unpaired) electrons. The molecule has 4 heterocycles. The van der Waals surface area contributed by atoms with Crippen molar-refractivity contribution < 1.29 is 22.6 Å². The van der Waals surface area contributed by atoms with E-state index < -0.39 is 6.36 Å². The van der Waals surface area contributed by atoms with E-state index >= 15 is 0 Å². The molecule has 1 saturated heterocycles. The summed E-state index contributed by atoms with van der Waals surface area (Å²) in [5.41, 5.74) is 1.66. The fraction of sp³-hybridized carbons (Fsp3) is 0.522. The van der Waals surface area contributed by atoms with E-state index in [2.05, 4.69) is 31.8 Å². The van der Waals surface area contributed by atoms with Gasteiger partial charge < -0.3 is 24.2 Å². The predicted octanol–water partition coefficient (Wildman–Crippen LogP) is 3.30. The second-order valence-electron chi connectivity index (χ2n) is 9.23. The van der Waals surface area contributed by atoms with Crippen LogP contribution in [-0.4, -0.2) is 85.0 Å². The summed E-state index contributed by atoms with van der Waals surface area (Å²) in [4.78, 5) is 6.48. The fourth-order valence-electron chi connectivity index (χ4n) is 4.72. The normalized spacial score (nSPS) is 17.4. The second-order valence-corrected chi connectivity index (χ2v) is 9.23. The Morgan fingerprint density at radius 2 is 1.91 bits per heavy atom. The van der Waals surface area contributed by atoms with Gasteiger partial charge in [0, 0.05) is 26.2 Å². The van der Waals surface area contributed by atoms with Gasteiger partial charge in [-0.15, -0.1) is 28.5 Å². The van der Waals surface area contributed by atoms with E-state index in [4.69, 9.17) is 9.84 Å². The first-order valence-corrected chi connectivity index (χ1v) is 11.6. The monoisotopic (exact) mass is 491 g/mol. The predicted molar refractivity (Wildman–Crippen MR) is 125 cm³/mol. The topological polar surface area (TPSA) is 71.3 Å². The number of aromatic nitrogens is 4. The first-order chi connectivity index (χ1) is 16.7. The third-order valence-corrected chi connectivity index (χ3v) is 6.58. The lowest BCUT2D eigenvalue weighted by Crippen LogP contribution is -2.37. The van der Waals surface area contributed by atoms with Gasteiger partial charge in [0.25, 0.3) is 0 Å². The Kier molecular flexibility index (Phi) is 6.07. The highest BCUT2D eigenvalue weighted by atomic mass is 19.4. The van der Waals surface area contributed by atoms with E-state index in [1.165, 1.54) is 18.2 Å². The first-order valence-electron chi connectivity index (χ1n) is 11.6. The minimum Gasteiger partial charge on any atom is -0.486 e. The molecule has 0 saturated carbocycles. The molecule has 0 unspecified atom stereocenters. The number of benzene rings is 1. The van der Waals surface area contributed by atoms with Gasteiger partial charge in [-0.25, -0.2) is 0 Å². The van der Waals surface area contributed by atoms with Gasteiger partial charge in [-0.05, 0) is 51.0 Å². The van der Waals surface area contributed by atoms with Crippen LogP contribution in [0, 0.1) is 5.92 Å². The van der Waals surface area contributed by atoms with Gasteiger partial charge in [0.05, 0.1) is 6.54 Å². The highest BCUT2D eigenvalue weighted by Crippen LogP contribution is 2.42. The van der Waals surface area contributed by atoms with Crippen LogP contribution in [0.5, 0.6) is 11.5 Å². The summed E-state index contributed by atoms with van der Waals surface area (Å²) in [7, 11) is 6.08. The van der Waals surface area contributed by atoms with Crippen LogP contribution in [0.4, 0.5) is 24.7 Å². The molecule has 12 heteroatoms.